The van der Waals surface area contributed by atoms with Crippen molar-refractivity contribution in [1.82, 2.24) is 0 Å². The number of aliphatic hydroxyl groups excluding tert-OH is 1. The molecule has 4 heteroatoms. The van der Waals surface area contributed by atoms with E-state index in [-0.39, 0.29) is 6.61 Å². The van der Waals surface area contributed by atoms with E-state index < -0.39 is 5.82 Å². The van der Waals surface area contributed by atoms with Gasteiger partial charge in [0.1, 0.15) is 17.3 Å². The van der Waals surface area contributed by atoms with Gasteiger partial charge in [-0.05, 0) is 48.4 Å². The molecule has 0 amide bonds. The van der Waals surface area contributed by atoms with Crippen LogP contribution in [-0.4, -0.2) is 5.11 Å². The maximum Gasteiger partial charge on any atom is 0.130 e. The van der Waals surface area contributed by atoms with Crippen LogP contribution in [0.4, 0.5) is 4.39 Å². The summed E-state index contributed by atoms with van der Waals surface area (Å²) >= 11 is 3.37. The molecule has 94 valence electrons. The summed E-state index contributed by atoms with van der Waals surface area (Å²) in [4.78, 5) is 0. The van der Waals surface area contributed by atoms with Crippen molar-refractivity contribution in [3.63, 3.8) is 0 Å². The molecule has 18 heavy (non-hydrogen) atoms. The standard InChI is InChI=1S/C14H12BrFO2/c1-9-4-11(15)2-3-14(9)18-13-6-10(8-17)5-12(16)7-13/h2-7,17H,8H2,1H3. The van der Waals surface area contributed by atoms with Gasteiger partial charge in [-0.15, -0.1) is 0 Å². The van der Waals surface area contributed by atoms with E-state index in [0.29, 0.717) is 17.1 Å². The average molecular weight is 311 g/mol. The molecule has 0 spiro atoms. The van der Waals surface area contributed by atoms with Gasteiger partial charge < -0.3 is 9.84 Å². The Bertz CT molecular complexity index is 570. The number of aryl methyl sites for hydroxylation is 1. The maximum absolute atomic E-state index is 13.3. The van der Waals surface area contributed by atoms with Gasteiger partial charge in [-0.1, -0.05) is 15.9 Å². The molecule has 0 bridgehead atoms. The second-order valence-electron chi connectivity index (χ2n) is 3.97. The summed E-state index contributed by atoms with van der Waals surface area (Å²) in [6, 6.07) is 9.77. The first-order chi connectivity index (χ1) is 8.58. The van der Waals surface area contributed by atoms with Gasteiger partial charge >= 0.3 is 0 Å². The molecule has 0 aliphatic carbocycles. The van der Waals surface area contributed by atoms with Crippen molar-refractivity contribution in [2.45, 2.75) is 13.5 Å². The van der Waals surface area contributed by atoms with E-state index in [2.05, 4.69) is 15.9 Å². The molecule has 0 heterocycles. The number of hydrogen-bond donors (Lipinski definition) is 1. The molecule has 0 unspecified atom stereocenters. The fourth-order valence-electron chi connectivity index (χ4n) is 1.63. The Morgan fingerprint density at radius 2 is 2.00 bits per heavy atom. The topological polar surface area (TPSA) is 29.5 Å². The van der Waals surface area contributed by atoms with Gasteiger partial charge in [0, 0.05) is 10.5 Å². The minimum Gasteiger partial charge on any atom is -0.457 e. The second-order valence-corrected chi connectivity index (χ2v) is 4.88. The van der Waals surface area contributed by atoms with E-state index in [1.54, 1.807) is 6.07 Å². The Morgan fingerprint density at radius 3 is 2.67 bits per heavy atom. The highest BCUT2D eigenvalue weighted by molar-refractivity contribution is 9.10. The lowest BCUT2D eigenvalue weighted by atomic mass is 10.2. The zero-order valence-corrected chi connectivity index (χ0v) is 11.4. The monoisotopic (exact) mass is 310 g/mol. The third kappa shape index (κ3) is 3.09. The fourth-order valence-corrected chi connectivity index (χ4v) is 2.10. The lowest BCUT2D eigenvalue weighted by Crippen LogP contribution is -1.91. The van der Waals surface area contributed by atoms with Gasteiger partial charge in [-0.3, -0.25) is 0 Å². The second kappa shape index (κ2) is 5.50. The highest BCUT2D eigenvalue weighted by Crippen LogP contribution is 2.28. The number of halogens is 2. The summed E-state index contributed by atoms with van der Waals surface area (Å²) in [5.74, 6) is 0.614. The van der Waals surface area contributed by atoms with E-state index in [1.807, 2.05) is 25.1 Å². The van der Waals surface area contributed by atoms with Crippen molar-refractivity contribution in [3.05, 3.63) is 57.8 Å². The van der Waals surface area contributed by atoms with Gasteiger partial charge in [-0.25, -0.2) is 4.39 Å². The molecule has 2 aromatic rings. The molecule has 0 atom stereocenters. The minimum atomic E-state index is -0.425. The van der Waals surface area contributed by atoms with Crippen LogP contribution in [0.2, 0.25) is 0 Å². The molecule has 2 rings (SSSR count). The van der Waals surface area contributed by atoms with E-state index in [4.69, 9.17) is 9.84 Å². The van der Waals surface area contributed by atoms with Crippen LogP contribution in [0.25, 0.3) is 0 Å². The Morgan fingerprint density at radius 1 is 1.22 bits per heavy atom. The summed E-state index contributed by atoms with van der Waals surface area (Å²) in [6.07, 6.45) is 0. The van der Waals surface area contributed by atoms with E-state index in [1.165, 1.54) is 12.1 Å². The Hall–Kier alpha value is -1.39. The van der Waals surface area contributed by atoms with Crippen LogP contribution in [0.1, 0.15) is 11.1 Å². The van der Waals surface area contributed by atoms with Crippen LogP contribution in [0.15, 0.2) is 40.9 Å². The van der Waals surface area contributed by atoms with Gasteiger partial charge in [-0.2, -0.15) is 0 Å². The van der Waals surface area contributed by atoms with Crippen LogP contribution < -0.4 is 4.74 Å². The summed E-state index contributed by atoms with van der Waals surface area (Å²) in [5.41, 5.74) is 1.43. The maximum atomic E-state index is 13.3. The molecular formula is C14H12BrFO2. The van der Waals surface area contributed by atoms with E-state index in [0.717, 1.165) is 10.0 Å². The van der Waals surface area contributed by atoms with Crippen LogP contribution >= 0.6 is 15.9 Å². The van der Waals surface area contributed by atoms with Gasteiger partial charge in [0.05, 0.1) is 6.61 Å². The van der Waals surface area contributed by atoms with Gasteiger partial charge in [0.25, 0.3) is 0 Å². The SMILES string of the molecule is Cc1cc(Br)ccc1Oc1cc(F)cc(CO)c1. The number of benzene rings is 2. The number of rotatable bonds is 3. The van der Waals surface area contributed by atoms with Crippen molar-refractivity contribution in [2.24, 2.45) is 0 Å². The molecule has 0 saturated carbocycles. The third-order valence-electron chi connectivity index (χ3n) is 2.48. The Labute approximate surface area is 113 Å². The molecule has 0 radical (unpaired) electrons. The fraction of sp³-hybridized carbons (Fsp3) is 0.143. The molecule has 0 aromatic heterocycles. The van der Waals surface area contributed by atoms with Crippen LogP contribution in [0.3, 0.4) is 0 Å². The first-order valence-electron chi connectivity index (χ1n) is 5.43. The first-order valence-corrected chi connectivity index (χ1v) is 6.22. The molecule has 2 nitrogen and oxygen atoms in total. The van der Waals surface area contributed by atoms with E-state index >= 15 is 0 Å². The quantitative estimate of drug-likeness (QED) is 0.921. The zero-order chi connectivity index (χ0) is 13.1. The highest BCUT2D eigenvalue weighted by atomic mass is 79.9. The lowest BCUT2D eigenvalue weighted by Gasteiger charge is -2.10. The van der Waals surface area contributed by atoms with Crippen molar-refractivity contribution in [2.75, 3.05) is 0 Å². The zero-order valence-electron chi connectivity index (χ0n) is 9.78. The number of aliphatic hydroxyl groups is 1. The lowest BCUT2D eigenvalue weighted by molar-refractivity contribution is 0.280. The number of hydrogen-bond acceptors (Lipinski definition) is 2. The Balaban J connectivity index is 2.30. The van der Waals surface area contributed by atoms with Gasteiger partial charge in [0.15, 0.2) is 0 Å². The van der Waals surface area contributed by atoms with Crippen molar-refractivity contribution in [1.29, 1.82) is 0 Å². The summed E-state index contributed by atoms with van der Waals surface area (Å²) in [5, 5.41) is 9.02. The predicted molar refractivity (Wildman–Crippen MR) is 71.3 cm³/mol. The molecule has 2 aromatic carbocycles. The number of ether oxygens (including phenoxy) is 1. The van der Waals surface area contributed by atoms with Crippen LogP contribution in [0.5, 0.6) is 11.5 Å². The molecule has 1 N–H and O–H groups in total. The third-order valence-corrected chi connectivity index (χ3v) is 2.97. The summed E-state index contributed by atoms with van der Waals surface area (Å²) in [6.45, 7) is 1.69. The largest absolute Gasteiger partial charge is 0.457 e. The van der Waals surface area contributed by atoms with Crippen molar-refractivity contribution in [3.8, 4) is 11.5 Å². The summed E-state index contributed by atoms with van der Waals surface area (Å²) < 4.78 is 19.9. The van der Waals surface area contributed by atoms with Crippen molar-refractivity contribution < 1.29 is 14.2 Å². The Kier molecular flexibility index (Phi) is 3.99. The predicted octanol–water partition coefficient (Wildman–Crippen LogP) is 4.18. The smallest absolute Gasteiger partial charge is 0.130 e. The minimum absolute atomic E-state index is 0.215. The molecule has 0 aliphatic rings. The summed E-state index contributed by atoms with van der Waals surface area (Å²) in [7, 11) is 0. The van der Waals surface area contributed by atoms with E-state index in [9.17, 15) is 4.39 Å². The van der Waals surface area contributed by atoms with Crippen molar-refractivity contribution >= 4 is 15.9 Å². The average Bonchev–Trinajstić information content (AvgIpc) is 2.32. The first kappa shape index (κ1) is 13.1. The molecule has 0 saturated heterocycles. The molecular weight excluding hydrogens is 299 g/mol. The normalized spacial score (nSPS) is 10.4. The molecule has 0 aliphatic heterocycles. The molecule has 0 fully saturated rings. The highest BCUT2D eigenvalue weighted by Gasteiger charge is 2.05. The van der Waals surface area contributed by atoms with Crippen LogP contribution in [-0.2, 0) is 6.61 Å². The van der Waals surface area contributed by atoms with Crippen LogP contribution in [0, 0.1) is 12.7 Å². The van der Waals surface area contributed by atoms with Gasteiger partial charge in [0.2, 0.25) is 0 Å².